The van der Waals surface area contributed by atoms with Gasteiger partial charge >= 0.3 is 5.97 Å². The molecule has 0 fully saturated rings. The highest BCUT2D eigenvalue weighted by Crippen LogP contribution is 2.30. The van der Waals surface area contributed by atoms with E-state index in [9.17, 15) is 13.2 Å². The Morgan fingerprint density at radius 3 is 2.50 bits per heavy atom. The molecule has 7 heteroatoms. The smallest absolute Gasteiger partial charge is 0.337 e. The van der Waals surface area contributed by atoms with Gasteiger partial charge in [-0.3, -0.25) is 0 Å². The number of nitrogens with one attached hydrogen (secondary N) is 1. The number of H-pyrrole nitrogens is 1. The second-order valence-electron chi connectivity index (χ2n) is 5.98. The summed E-state index contributed by atoms with van der Waals surface area (Å²) < 4.78 is 29.9. The lowest BCUT2D eigenvalue weighted by Crippen LogP contribution is -2.10. The van der Waals surface area contributed by atoms with Gasteiger partial charge < -0.3 is 9.72 Å². The molecule has 1 heterocycles. The summed E-state index contributed by atoms with van der Waals surface area (Å²) in [5.74, 6) is -0.554. The van der Waals surface area contributed by atoms with Gasteiger partial charge in [0.1, 0.15) is 0 Å². The lowest BCUT2D eigenvalue weighted by molar-refractivity contribution is 0.0600. The Bertz CT molecular complexity index is 1070. The number of carbonyl (C=O) groups is 1. The Balaban J connectivity index is 1.85. The molecule has 0 saturated heterocycles. The molecule has 1 aromatic heterocycles. The van der Waals surface area contributed by atoms with Crippen LogP contribution >= 0.6 is 11.6 Å². The van der Waals surface area contributed by atoms with Gasteiger partial charge in [0.2, 0.25) is 0 Å². The third-order valence-electron chi connectivity index (χ3n) is 4.35. The molecule has 0 atom stereocenters. The van der Waals surface area contributed by atoms with Gasteiger partial charge in [0.15, 0.2) is 9.84 Å². The molecule has 136 valence electrons. The maximum absolute atomic E-state index is 12.7. The molecule has 0 unspecified atom stereocenters. The van der Waals surface area contributed by atoms with Crippen LogP contribution in [0.2, 0.25) is 5.02 Å². The predicted molar refractivity (Wildman–Crippen MR) is 102 cm³/mol. The SMILES string of the molecule is COC(=O)c1ccc(S(=O)(=O)CCc2c(C)[nH]c3cccc(Cl)c23)cc1. The first-order valence-electron chi connectivity index (χ1n) is 8.00. The zero-order valence-corrected chi connectivity index (χ0v) is 15.9. The first kappa shape index (κ1) is 18.5. The molecular formula is C19H18ClNO4S. The first-order chi connectivity index (χ1) is 12.3. The van der Waals surface area contributed by atoms with E-state index in [1.54, 1.807) is 6.07 Å². The Kier molecular flexibility index (Phi) is 5.07. The molecule has 0 bridgehead atoms. The fourth-order valence-electron chi connectivity index (χ4n) is 2.98. The fraction of sp³-hybridized carbons (Fsp3) is 0.211. The van der Waals surface area contributed by atoms with Crippen molar-refractivity contribution in [3.8, 4) is 0 Å². The van der Waals surface area contributed by atoms with Gasteiger partial charge in [0, 0.05) is 16.6 Å². The number of fused-ring (bicyclic) bond motifs is 1. The van der Waals surface area contributed by atoms with Crippen molar-refractivity contribution in [3.05, 3.63) is 64.3 Å². The number of rotatable bonds is 5. The summed E-state index contributed by atoms with van der Waals surface area (Å²) in [6, 6.07) is 11.3. The van der Waals surface area contributed by atoms with Crippen LogP contribution < -0.4 is 0 Å². The molecule has 0 aliphatic heterocycles. The van der Waals surface area contributed by atoms with Crippen LogP contribution in [0.5, 0.6) is 0 Å². The molecule has 3 aromatic rings. The Morgan fingerprint density at radius 1 is 1.15 bits per heavy atom. The number of aromatic amines is 1. The van der Waals surface area contributed by atoms with Crippen molar-refractivity contribution >= 4 is 38.3 Å². The highest BCUT2D eigenvalue weighted by Gasteiger charge is 2.19. The van der Waals surface area contributed by atoms with Gasteiger partial charge in [-0.05, 0) is 55.3 Å². The van der Waals surface area contributed by atoms with Crippen molar-refractivity contribution in [1.29, 1.82) is 0 Å². The van der Waals surface area contributed by atoms with Gasteiger partial charge in [0.05, 0.1) is 28.3 Å². The summed E-state index contributed by atoms with van der Waals surface area (Å²) in [5.41, 5.74) is 3.01. The van der Waals surface area contributed by atoms with Crippen LogP contribution in [0.4, 0.5) is 0 Å². The second kappa shape index (κ2) is 7.13. The van der Waals surface area contributed by atoms with E-state index in [0.29, 0.717) is 17.0 Å². The number of halogens is 1. The molecule has 3 rings (SSSR count). The topological polar surface area (TPSA) is 76.2 Å². The minimum absolute atomic E-state index is 0.0520. The minimum Gasteiger partial charge on any atom is -0.465 e. The summed E-state index contributed by atoms with van der Waals surface area (Å²) in [7, 11) is -2.21. The largest absolute Gasteiger partial charge is 0.465 e. The van der Waals surface area contributed by atoms with E-state index in [-0.39, 0.29) is 10.6 Å². The average molecular weight is 392 g/mol. The summed E-state index contributed by atoms with van der Waals surface area (Å²) in [4.78, 5) is 14.9. The molecule has 0 amide bonds. The normalized spacial score (nSPS) is 11.7. The van der Waals surface area contributed by atoms with Gasteiger partial charge in [-0.15, -0.1) is 0 Å². The Morgan fingerprint density at radius 2 is 1.85 bits per heavy atom. The van der Waals surface area contributed by atoms with Gasteiger partial charge in [-0.25, -0.2) is 13.2 Å². The van der Waals surface area contributed by atoms with Crippen molar-refractivity contribution in [2.24, 2.45) is 0 Å². The standard InChI is InChI=1S/C19H18ClNO4S/c1-12-15(18-16(20)4-3-5-17(18)21-12)10-11-26(23,24)14-8-6-13(7-9-14)19(22)25-2/h3-9,21H,10-11H2,1-2H3. The number of sulfone groups is 1. The molecule has 2 aromatic carbocycles. The second-order valence-corrected chi connectivity index (χ2v) is 8.49. The number of hydrogen-bond acceptors (Lipinski definition) is 4. The average Bonchev–Trinajstić information content (AvgIpc) is 2.96. The van der Waals surface area contributed by atoms with Crippen LogP contribution in [0.25, 0.3) is 10.9 Å². The monoisotopic (exact) mass is 391 g/mol. The first-order valence-corrected chi connectivity index (χ1v) is 10.0. The number of aromatic nitrogens is 1. The molecule has 1 N–H and O–H groups in total. The molecule has 0 spiro atoms. The molecule has 0 radical (unpaired) electrons. The molecule has 5 nitrogen and oxygen atoms in total. The van der Waals surface area contributed by atoms with Crippen LogP contribution in [0.3, 0.4) is 0 Å². The van der Waals surface area contributed by atoms with E-state index in [1.807, 2.05) is 19.1 Å². The third-order valence-corrected chi connectivity index (χ3v) is 6.39. The highest BCUT2D eigenvalue weighted by atomic mass is 35.5. The van der Waals surface area contributed by atoms with E-state index in [0.717, 1.165) is 22.2 Å². The number of aryl methyl sites for hydroxylation is 2. The van der Waals surface area contributed by atoms with Gasteiger partial charge in [-0.2, -0.15) is 0 Å². The number of benzene rings is 2. The number of carbonyl (C=O) groups excluding carboxylic acids is 1. The van der Waals surface area contributed by atoms with Crippen molar-refractivity contribution < 1.29 is 17.9 Å². The maximum Gasteiger partial charge on any atom is 0.337 e. The van der Waals surface area contributed by atoms with Crippen molar-refractivity contribution in [3.63, 3.8) is 0 Å². The lowest BCUT2D eigenvalue weighted by atomic mass is 10.1. The Labute approximate surface area is 156 Å². The van der Waals surface area contributed by atoms with Crippen molar-refractivity contribution in [1.82, 2.24) is 4.98 Å². The summed E-state index contributed by atoms with van der Waals surface area (Å²) in [5, 5.41) is 1.46. The van der Waals surface area contributed by atoms with E-state index in [2.05, 4.69) is 9.72 Å². The van der Waals surface area contributed by atoms with Crippen molar-refractivity contribution in [2.45, 2.75) is 18.2 Å². The van der Waals surface area contributed by atoms with Crippen LogP contribution in [0.15, 0.2) is 47.4 Å². The minimum atomic E-state index is -3.49. The predicted octanol–water partition coefficient (Wildman–Crippen LogP) is 3.93. The Hall–Kier alpha value is -2.31. The molecule has 0 aliphatic rings. The van der Waals surface area contributed by atoms with E-state index in [1.165, 1.54) is 31.4 Å². The molecule has 0 aliphatic carbocycles. The fourth-order valence-corrected chi connectivity index (χ4v) is 4.53. The third kappa shape index (κ3) is 3.48. The lowest BCUT2D eigenvalue weighted by Gasteiger charge is -2.07. The summed E-state index contributed by atoms with van der Waals surface area (Å²) in [6.45, 7) is 1.91. The molecule has 0 saturated carbocycles. The van der Waals surface area contributed by atoms with Crippen LogP contribution in [0.1, 0.15) is 21.6 Å². The quantitative estimate of drug-likeness (QED) is 0.668. The van der Waals surface area contributed by atoms with Gasteiger partial charge in [-0.1, -0.05) is 17.7 Å². The van der Waals surface area contributed by atoms with Gasteiger partial charge in [0.25, 0.3) is 0 Å². The van der Waals surface area contributed by atoms with Crippen molar-refractivity contribution in [2.75, 3.05) is 12.9 Å². The zero-order chi connectivity index (χ0) is 18.9. The van der Waals surface area contributed by atoms with Crippen LogP contribution in [0, 0.1) is 6.92 Å². The summed E-state index contributed by atoms with van der Waals surface area (Å²) >= 11 is 6.29. The maximum atomic E-state index is 12.7. The number of hydrogen-bond donors (Lipinski definition) is 1. The zero-order valence-electron chi connectivity index (χ0n) is 14.4. The number of esters is 1. The summed E-state index contributed by atoms with van der Waals surface area (Å²) in [6.07, 6.45) is 0.344. The van der Waals surface area contributed by atoms with E-state index < -0.39 is 15.8 Å². The highest BCUT2D eigenvalue weighted by molar-refractivity contribution is 7.91. The number of methoxy groups -OCH3 is 1. The van der Waals surface area contributed by atoms with E-state index in [4.69, 9.17) is 11.6 Å². The molecular weight excluding hydrogens is 374 g/mol. The number of ether oxygens (including phenoxy) is 1. The van der Waals surface area contributed by atoms with Crippen LogP contribution in [-0.2, 0) is 21.0 Å². The van der Waals surface area contributed by atoms with E-state index >= 15 is 0 Å². The molecule has 26 heavy (non-hydrogen) atoms. The van der Waals surface area contributed by atoms with Crippen LogP contribution in [-0.4, -0.2) is 32.2 Å².